The number of para-hydroxylation sites is 1. The van der Waals surface area contributed by atoms with E-state index >= 15 is 0 Å². The number of benzene rings is 2. The normalized spacial score (nSPS) is 16.4. The van der Waals surface area contributed by atoms with Gasteiger partial charge in [0.2, 0.25) is 0 Å². The highest BCUT2D eigenvalue weighted by Crippen LogP contribution is 2.39. The number of fused-ring (bicyclic) bond motifs is 1. The van der Waals surface area contributed by atoms with E-state index in [4.69, 9.17) is 16.3 Å². The van der Waals surface area contributed by atoms with E-state index in [-0.39, 0.29) is 12.8 Å². The number of alkyl halides is 2. The van der Waals surface area contributed by atoms with Gasteiger partial charge in [-0.1, -0.05) is 23.7 Å². The molecule has 0 unspecified atom stereocenters. The van der Waals surface area contributed by atoms with Gasteiger partial charge in [0.05, 0.1) is 10.5 Å². The molecular weight excluding hydrogens is 346 g/mol. The highest BCUT2D eigenvalue weighted by Gasteiger charge is 2.46. The number of pyridine rings is 1. The number of aromatic nitrogens is 1. The summed E-state index contributed by atoms with van der Waals surface area (Å²) >= 11 is 6.18. The minimum absolute atomic E-state index is 0.214. The summed E-state index contributed by atoms with van der Waals surface area (Å²) in [5, 5.41) is 4.77. The van der Waals surface area contributed by atoms with Gasteiger partial charge in [0, 0.05) is 23.9 Å². The Morgan fingerprint density at radius 3 is 2.52 bits per heavy atom. The minimum Gasteiger partial charge on any atom is -0.490 e. The molecule has 1 aromatic heterocycles. The van der Waals surface area contributed by atoms with Crippen LogP contribution in [0.25, 0.3) is 10.9 Å². The van der Waals surface area contributed by atoms with Gasteiger partial charge >= 0.3 is 0 Å². The first-order valence-corrected chi connectivity index (χ1v) is 8.33. The summed E-state index contributed by atoms with van der Waals surface area (Å²) in [5.74, 6) is -1.32. The van der Waals surface area contributed by atoms with Crippen LogP contribution in [-0.2, 0) is 0 Å². The molecule has 25 heavy (non-hydrogen) atoms. The molecule has 0 radical (unpaired) electrons. The number of ether oxygens (including phenoxy) is 1. The van der Waals surface area contributed by atoms with Gasteiger partial charge in [0.1, 0.15) is 17.7 Å². The molecule has 0 spiro atoms. The largest absolute Gasteiger partial charge is 0.490 e. The molecule has 6 heteroatoms. The molecule has 1 aliphatic carbocycles. The molecule has 0 saturated heterocycles. The Labute approximate surface area is 148 Å². The molecule has 3 aromatic rings. The predicted octanol–water partition coefficient (Wildman–Crippen LogP) is 5.81. The van der Waals surface area contributed by atoms with E-state index in [1.165, 1.54) is 0 Å². The van der Waals surface area contributed by atoms with E-state index in [9.17, 15) is 8.78 Å². The fourth-order valence-electron chi connectivity index (χ4n) is 2.83. The average molecular weight is 361 g/mol. The van der Waals surface area contributed by atoms with Gasteiger partial charge in [0.25, 0.3) is 5.92 Å². The highest BCUT2D eigenvalue weighted by molar-refractivity contribution is 6.35. The Morgan fingerprint density at radius 1 is 1.04 bits per heavy atom. The zero-order valence-corrected chi connectivity index (χ0v) is 13.9. The second-order valence-corrected chi connectivity index (χ2v) is 6.57. The number of nitrogens with zero attached hydrogens (tertiary/aromatic N) is 1. The van der Waals surface area contributed by atoms with Crippen molar-refractivity contribution in [3.05, 3.63) is 59.6 Å². The number of anilines is 2. The van der Waals surface area contributed by atoms with Crippen LogP contribution in [0.3, 0.4) is 0 Å². The van der Waals surface area contributed by atoms with Crippen LogP contribution in [0, 0.1) is 0 Å². The van der Waals surface area contributed by atoms with Crippen LogP contribution in [0.5, 0.6) is 5.75 Å². The first-order chi connectivity index (χ1) is 12.0. The molecule has 1 N–H and O–H groups in total. The Hall–Kier alpha value is -2.40. The lowest BCUT2D eigenvalue weighted by molar-refractivity contribution is -0.134. The van der Waals surface area contributed by atoms with Gasteiger partial charge in [-0.2, -0.15) is 0 Å². The molecule has 0 amide bonds. The van der Waals surface area contributed by atoms with E-state index in [1.54, 1.807) is 18.2 Å². The first-order valence-electron chi connectivity index (χ1n) is 7.95. The van der Waals surface area contributed by atoms with Gasteiger partial charge in [-0.3, -0.25) is 0 Å². The second-order valence-electron chi connectivity index (χ2n) is 6.16. The summed E-state index contributed by atoms with van der Waals surface area (Å²) < 4.78 is 31.2. The summed E-state index contributed by atoms with van der Waals surface area (Å²) in [6.07, 6.45) is -0.832. The van der Waals surface area contributed by atoms with Crippen molar-refractivity contribution < 1.29 is 13.5 Å². The SMILES string of the molecule is FC1(F)CC(Oc2ccc(Nc3ccc4cccc(Cl)c4n3)cc2)C1. The van der Waals surface area contributed by atoms with Crippen LogP contribution in [0.1, 0.15) is 12.8 Å². The lowest BCUT2D eigenvalue weighted by atomic mass is 9.91. The van der Waals surface area contributed by atoms with Crippen molar-refractivity contribution in [1.29, 1.82) is 0 Å². The fourth-order valence-corrected chi connectivity index (χ4v) is 3.05. The second kappa shape index (κ2) is 6.15. The van der Waals surface area contributed by atoms with Crippen LogP contribution >= 0.6 is 11.6 Å². The topological polar surface area (TPSA) is 34.1 Å². The smallest absolute Gasteiger partial charge is 0.255 e. The summed E-state index contributed by atoms with van der Waals surface area (Å²) in [5.41, 5.74) is 1.56. The molecule has 1 heterocycles. The van der Waals surface area contributed by atoms with Gasteiger partial charge in [-0.15, -0.1) is 0 Å². The Kier molecular flexibility index (Phi) is 3.96. The van der Waals surface area contributed by atoms with Crippen LogP contribution in [-0.4, -0.2) is 17.0 Å². The van der Waals surface area contributed by atoms with E-state index in [0.29, 0.717) is 16.6 Å². The summed E-state index contributed by atoms with van der Waals surface area (Å²) in [6, 6.07) is 16.6. The summed E-state index contributed by atoms with van der Waals surface area (Å²) in [7, 11) is 0. The fraction of sp³-hybridized carbons (Fsp3) is 0.211. The zero-order valence-electron chi connectivity index (χ0n) is 13.2. The van der Waals surface area contributed by atoms with Crippen LogP contribution in [0.15, 0.2) is 54.6 Å². The maximum atomic E-state index is 12.8. The maximum absolute atomic E-state index is 12.8. The number of nitrogens with one attached hydrogen (secondary N) is 1. The van der Waals surface area contributed by atoms with Crippen molar-refractivity contribution in [3.63, 3.8) is 0 Å². The van der Waals surface area contributed by atoms with Gasteiger partial charge in [-0.25, -0.2) is 13.8 Å². The molecule has 4 rings (SSSR count). The maximum Gasteiger partial charge on any atom is 0.255 e. The standard InChI is InChI=1S/C19H15ClF2N2O/c20-16-3-1-2-12-4-9-17(24-18(12)16)23-13-5-7-14(8-6-13)25-15-10-19(21,22)11-15/h1-9,15H,10-11H2,(H,23,24). The third kappa shape index (κ3) is 3.51. The molecule has 1 saturated carbocycles. The molecular formula is C19H15ClF2N2O. The minimum atomic E-state index is -2.57. The number of hydrogen-bond donors (Lipinski definition) is 1. The van der Waals surface area contributed by atoms with Crippen molar-refractivity contribution in [2.45, 2.75) is 24.9 Å². The zero-order chi connectivity index (χ0) is 17.4. The van der Waals surface area contributed by atoms with Crippen molar-refractivity contribution in [2.24, 2.45) is 0 Å². The summed E-state index contributed by atoms with van der Waals surface area (Å²) in [4.78, 5) is 4.52. The lowest BCUT2D eigenvalue weighted by Gasteiger charge is -2.34. The van der Waals surface area contributed by atoms with Gasteiger partial charge in [0.15, 0.2) is 0 Å². The van der Waals surface area contributed by atoms with Crippen LogP contribution in [0.4, 0.5) is 20.3 Å². The third-order valence-electron chi connectivity index (χ3n) is 4.15. The Balaban J connectivity index is 1.45. The first kappa shape index (κ1) is 16.1. The van der Waals surface area contributed by atoms with E-state index in [2.05, 4.69) is 10.3 Å². The molecule has 0 bridgehead atoms. The summed E-state index contributed by atoms with van der Waals surface area (Å²) in [6.45, 7) is 0. The molecule has 1 aliphatic rings. The molecule has 128 valence electrons. The van der Waals surface area contributed by atoms with Crippen molar-refractivity contribution in [1.82, 2.24) is 4.98 Å². The van der Waals surface area contributed by atoms with Gasteiger partial charge < -0.3 is 10.1 Å². The van der Waals surface area contributed by atoms with Crippen LogP contribution in [0.2, 0.25) is 5.02 Å². The van der Waals surface area contributed by atoms with E-state index < -0.39 is 12.0 Å². The van der Waals surface area contributed by atoms with E-state index in [0.717, 1.165) is 16.6 Å². The Bertz CT molecular complexity index is 907. The third-order valence-corrected chi connectivity index (χ3v) is 4.46. The van der Waals surface area contributed by atoms with Crippen LogP contribution < -0.4 is 10.1 Å². The number of rotatable bonds is 4. The molecule has 3 nitrogen and oxygen atoms in total. The quantitative estimate of drug-likeness (QED) is 0.637. The predicted molar refractivity (Wildman–Crippen MR) is 95.1 cm³/mol. The molecule has 1 fully saturated rings. The molecule has 0 atom stereocenters. The van der Waals surface area contributed by atoms with E-state index in [1.807, 2.05) is 36.4 Å². The van der Waals surface area contributed by atoms with Crippen molar-refractivity contribution >= 4 is 34.0 Å². The average Bonchev–Trinajstić information content (AvgIpc) is 2.56. The molecule has 2 aromatic carbocycles. The van der Waals surface area contributed by atoms with Gasteiger partial charge in [-0.05, 0) is 42.5 Å². The molecule has 0 aliphatic heterocycles. The van der Waals surface area contributed by atoms with Crippen molar-refractivity contribution in [3.8, 4) is 5.75 Å². The Morgan fingerprint density at radius 2 is 1.80 bits per heavy atom. The monoisotopic (exact) mass is 360 g/mol. The van der Waals surface area contributed by atoms with Crippen molar-refractivity contribution in [2.75, 3.05) is 5.32 Å². The lowest BCUT2D eigenvalue weighted by Crippen LogP contribution is -2.43. The number of hydrogen-bond acceptors (Lipinski definition) is 3. The highest BCUT2D eigenvalue weighted by atomic mass is 35.5. The number of halogens is 3.